The molecule has 1 saturated heterocycles. The predicted molar refractivity (Wildman–Crippen MR) is 95.2 cm³/mol. The van der Waals surface area contributed by atoms with Gasteiger partial charge < -0.3 is 10.6 Å². The fourth-order valence-electron chi connectivity index (χ4n) is 3.09. The molecule has 3 rings (SSSR count). The molecule has 6 nitrogen and oxygen atoms in total. The summed E-state index contributed by atoms with van der Waals surface area (Å²) >= 11 is 1.70. The number of thiazole rings is 1. The summed E-state index contributed by atoms with van der Waals surface area (Å²) in [6.07, 6.45) is 5.91. The highest BCUT2D eigenvalue weighted by atomic mass is 32.1. The number of nitrogens with zero attached hydrogens (tertiary/aromatic N) is 3. The zero-order valence-electron chi connectivity index (χ0n) is 14.3. The van der Waals surface area contributed by atoms with E-state index in [1.54, 1.807) is 17.5 Å². The molecule has 0 unspecified atom stereocenters. The van der Waals surface area contributed by atoms with Crippen LogP contribution >= 0.6 is 11.3 Å². The van der Waals surface area contributed by atoms with E-state index in [4.69, 9.17) is 0 Å². The van der Waals surface area contributed by atoms with Crippen molar-refractivity contribution in [2.45, 2.75) is 44.6 Å². The van der Waals surface area contributed by atoms with Crippen molar-refractivity contribution < 1.29 is 4.79 Å². The third-order valence-electron chi connectivity index (χ3n) is 4.53. The molecule has 3 heterocycles. The number of rotatable bonds is 6. The lowest BCUT2D eigenvalue weighted by Crippen LogP contribution is -2.54. The molecule has 0 aromatic carbocycles. The van der Waals surface area contributed by atoms with Crippen LogP contribution in [-0.4, -0.2) is 40.3 Å². The first kappa shape index (κ1) is 17.1. The van der Waals surface area contributed by atoms with E-state index in [2.05, 4.69) is 39.9 Å². The van der Waals surface area contributed by atoms with Crippen LogP contribution in [0.2, 0.25) is 0 Å². The van der Waals surface area contributed by atoms with E-state index in [-0.39, 0.29) is 5.91 Å². The van der Waals surface area contributed by atoms with Gasteiger partial charge in [0, 0.05) is 36.7 Å². The van der Waals surface area contributed by atoms with Gasteiger partial charge in [0.15, 0.2) is 0 Å². The van der Waals surface area contributed by atoms with Crippen molar-refractivity contribution in [1.82, 2.24) is 25.4 Å². The molecule has 0 atom stereocenters. The lowest BCUT2D eigenvalue weighted by atomic mass is 9.87. The van der Waals surface area contributed by atoms with Crippen molar-refractivity contribution in [1.29, 1.82) is 0 Å². The number of piperidine rings is 1. The van der Waals surface area contributed by atoms with Crippen LogP contribution < -0.4 is 10.6 Å². The molecule has 130 valence electrons. The monoisotopic (exact) mass is 347 g/mol. The van der Waals surface area contributed by atoms with E-state index >= 15 is 0 Å². The maximum atomic E-state index is 12.9. The van der Waals surface area contributed by atoms with Gasteiger partial charge in [-0.1, -0.05) is 13.8 Å². The number of carbonyl (C=O) groups is 1. The molecule has 2 aromatic rings. The summed E-state index contributed by atoms with van der Waals surface area (Å²) in [5.74, 6) is 0.517. The summed E-state index contributed by atoms with van der Waals surface area (Å²) in [7, 11) is 0. The molecule has 1 fully saturated rings. The third-order valence-corrected chi connectivity index (χ3v) is 5.72. The van der Waals surface area contributed by atoms with E-state index in [1.165, 1.54) is 0 Å². The zero-order chi connectivity index (χ0) is 17.0. The molecule has 0 saturated carbocycles. The van der Waals surface area contributed by atoms with Crippen LogP contribution in [-0.2, 0) is 16.8 Å². The average molecular weight is 347 g/mol. The van der Waals surface area contributed by atoms with Gasteiger partial charge in [0.1, 0.15) is 5.54 Å². The first-order valence-corrected chi connectivity index (χ1v) is 9.43. The zero-order valence-corrected chi connectivity index (χ0v) is 15.1. The SMILES string of the molecule is CC(C)c1nc(CCNC(=O)C2(n3cccn3)CCNCC2)cs1. The third kappa shape index (κ3) is 3.52. The van der Waals surface area contributed by atoms with Gasteiger partial charge in [0.05, 0.1) is 10.7 Å². The van der Waals surface area contributed by atoms with Crippen LogP contribution in [0.3, 0.4) is 0 Å². The topological polar surface area (TPSA) is 71.8 Å². The van der Waals surface area contributed by atoms with E-state index in [9.17, 15) is 4.79 Å². The van der Waals surface area contributed by atoms with Crippen molar-refractivity contribution in [3.63, 3.8) is 0 Å². The molecule has 0 spiro atoms. The minimum Gasteiger partial charge on any atom is -0.354 e. The van der Waals surface area contributed by atoms with E-state index < -0.39 is 5.54 Å². The quantitative estimate of drug-likeness (QED) is 0.837. The summed E-state index contributed by atoms with van der Waals surface area (Å²) in [4.78, 5) is 17.5. The minimum absolute atomic E-state index is 0.0620. The summed E-state index contributed by atoms with van der Waals surface area (Å²) in [6.45, 7) is 6.56. The van der Waals surface area contributed by atoms with Crippen molar-refractivity contribution >= 4 is 17.2 Å². The van der Waals surface area contributed by atoms with Crippen LogP contribution in [0, 0.1) is 0 Å². The maximum Gasteiger partial charge on any atom is 0.248 e. The minimum atomic E-state index is -0.570. The molecule has 1 amide bonds. The number of amides is 1. The Balaban J connectivity index is 1.61. The van der Waals surface area contributed by atoms with E-state index in [0.717, 1.165) is 43.1 Å². The smallest absolute Gasteiger partial charge is 0.248 e. The molecule has 0 radical (unpaired) electrons. The predicted octanol–water partition coefficient (Wildman–Crippen LogP) is 1.90. The summed E-state index contributed by atoms with van der Waals surface area (Å²) in [5.41, 5.74) is 0.488. The van der Waals surface area contributed by atoms with Crippen LogP contribution in [0.25, 0.3) is 0 Å². The second-order valence-corrected chi connectivity index (χ2v) is 7.46. The Labute approximate surface area is 146 Å². The summed E-state index contributed by atoms with van der Waals surface area (Å²) < 4.78 is 1.82. The Bertz CT molecular complexity index is 658. The van der Waals surface area contributed by atoms with Gasteiger partial charge in [0.2, 0.25) is 5.91 Å². The first-order chi connectivity index (χ1) is 11.6. The Morgan fingerprint density at radius 3 is 2.88 bits per heavy atom. The van der Waals surface area contributed by atoms with Gasteiger partial charge in [-0.25, -0.2) is 4.98 Å². The summed E-state index contributed by atoms with van der Waals surface area (Å²) in [5, 5.41) is 14.0. The van der Waals surface area contributed by atoms with Gasteiger partial charge in [-0.05, 0) is 32.0 Å². The molecule has 0 aliphatic carbocycles. The average Bonchev–Trinajstić information content (AvgIpc) is 3.27. The second kappa shape index (κ2) is 7.44. The van der Waals surface area contributed by atoms with Crippen molar-refractivity contribution in [3.05, 3.63) is 34.5 Å². The fraction of sp³-hybridized carbons (Fsp3) is 0.588. The normalized spacial score (nSPS) is 17.1. The number of aromatic nitrogens is 3. The Hall–Kier alpha value is -1.73. The molecular weight excluding hydrogens is 322 g/mol. The van der Waals surface area contributed by atoms with Crippen LogP contribution in [0.4, 0.5) is 0 Å². The van der Waals surface area contributed by atoms with Gasteiger partial charge >= 0.3 is 0 Å². The molecule has 1 aliphatic rings. The largest absolute Gasteiger partial charge is 0.354 e. The molecule has 7 heteroatoms. The second-order valence-electron chi connectivity index (χ2n) is 6.57. The summed E-state index contributed by atoms with van der Waals surface area (Å²) in [6, 6.07) is 1.87. The van der Waals surface area contributed by atoms with Crippen LogP contribution in [0.1, 0.15) is 43.3 Å². The first-order valence-electron chi connectivity index (χ1n) is 8.55. The number of nitrogens with one attached hydrogen (secondary N) is 2. The van der Waals surface area contributed by atoms with Crippen molar-refractivity contribution in [2.24, 2.45) is 0 Å². The molecule has 2 aromatic heterocycles. The Kier molecular flexibility index (Phi) is 5.30. The van der Waals surface area contributed by atoms with Crippen molar-refractivity contribution in [3.8, 4) is 0 Å². The number of hydrogen-bond donors (Lipinski definition) is 2. The fourth-order valence-corrected chi connectivity index (χ4v) is 3.96. The van der Waals surface area contributed by atoms with Gasteiger partial charge in [-0.3, -0.25) is 9.48 Å². The Morgan fingerprint density at radius 1 is 1.46 bits per heavy atom. The standard InChI is InChI=1S/C17H25N5OS/c1-13(2)15-21-14(12-24-15)4-8-19-16(23)17(5-9-18-10-6-17)22-11-3-7-20-22/h3,7,11-13,18H,4-6,8-10H2,1-2H3,(H,19,23). The number of hydrogen-bond acceptors (Lipinski definition) is 5. The maximum absolute atomic E-state index is 12.9. The number of carbonyl (C=O) groups excluding carboxylic acids is 1. The van der Waals surface area contributed by atoms with Crippen LogP contribution in [0.5, 0.6) is 0 Å². The highest BCUT2D eigenvalue weighted by Gasteiger charge is 2.41. The molecular formula is C17H25N5OS. The Morgan fingerprint density at radius 2 is 2.25 bits per heavy atom. The molecule has 1 aliphatic heterocycles. The molecule has 0 bridgehead atoms. The molecule has 2 N–H and O–H groups in total. The van der Waals surface area contributed by atoms with E-state index in [1.807, 2.05) is 16.9 Å². The lowest BCUT2D eigenvalue weighted by Gasteiger charge is -2.36. The lowest BCUT2D eigenvalue weighted by molar-refractivity contribution is -0.131. The van der Waals surface area contributed by atoms with Crippen LogP contribution in [0.15, 0.2) is 23.8 Å². The highest BCUT2D eigenvalue weighted by Crippen LogP contribution is 2.27. The van der Waals surface area contributed by atoms with Gasteiger partial charge in [-0.15, -0.1) is 11.3 Å². The van der Waals surface area contributed by atoms with Crippen molar-refractivity contribution in [2.75, 3.05) is 19.6 Å². The highest BCUT2D eigenvalue weighted by molar-refractivity contribution is 7.09. The molecule has 24 heavy (non-hydrogen) atoms. The van der Waals surface area contributed by atoms with E-state index in [0.29, 0.717) is 12.5 Å². The van der Waals surface area contributed by atoms with Gasteiger partial charge in [0.25, 0.3) is 0 Å². The van der Waals surface area contributed by atoms with Gasteiger partial charge in [-0.2, -0.15) is 5.10 Å².